The van der Waals surface area contributed by atoms with Crippen molar-refractivity contribution in [1.29, 1.82) is 0 Å². The van der Waals surface area contributed by atoms with E-state index in [1.54, 1.807) is 35.1 Å². The van der Waals surface area contributed by atoms with E-state index < -0.39 is 15.5 Å². The molecular weight excluding hydrogens is 513 g/mol. The van der Waals surface area contributed by atoms with Gasteiger partial charge >= 0.3 is 15.5 Å². The Morgan fingerprint density at radius 1 is 0.892 bits per heavy atom. The van der Waals surface area contributed by atoms with Gasteiger partial charge in [0.2, 0.25) is 0 Å². The number of nitrogens with one attached hydrogen (secondary N) is 2. The smallest absolute Gasteiger partial charge is 0.311 e. The van der Waals surface area contributed by atoms with Gasteiger partial charge in [-0.25, -0.2) is 8.78 Å². The molecule has 37 heavy (non-hydrogen) atoms. The van der Waals surface area contributed by atoms with Gasteiger partial charge in [0.15, 0.2) is 0 Å². The van der Waals surface area contributed by atoms with Crippen molar-refractivity contribution in [2.75, 3.05) is 17.8 Å². The van der Waals surface area contributed by atoms with Crippen LogP contribution in [0, 0.1) is 11.6 Å². The van der Waals surface area contributed by atoms with Crippen molar-refractivity contribution in [3.05, 3.63) is 101 Å². The van der Waals surface area contributed by atoms with Crippen LogP contribution in [-0.4, -0.2) is 38.0 Å². The van der Waals surface area contributed by atoms with E-state index in [-0.39, 0.29) is 23.4 Å². The molecule has 1 aliphatic heterocycles. The molecule has 0 aliphatic carbocycles. The zero-order chi connectivity index (χ0) is 26.6. The van der Waals surface area contributed by atoms with Crippen LogP contribution in [0.4, 0.5) is 27.6 Å². The molecule has 4 rings (SSSR count). The predicted octanol–water partition coefficient (Wildman–Crippen LogP) is 4.99. The summed E-state index contributed by atoms with van der Waals surface area (Å²) in [6, 6.07) is 16.9. The van der Waals surface area contributed by atoms with E-state index in [2.05, 4.69) is 10.2 Å². The van der Waals surface area contributed by atoms with Crippen LogP contribution in [0.5, 0.6) is 0 Å². The number of alkyl halides is 3. The van der Waals surface area contributed by atoms with Crippen molar-refractivity contribution in [1.82, 2.24) is 10.2 Å². The first-order valence-electron chi connectivity index (χ1n) is 11.6. The zero-order valence-electron chi connectivity index (χ0n) is 19.7. The van der Waals surface area contributed by atoms with Gasteiger partial charge in [0.05, 0.1) is 0 Å². The number of anilines is 1. The summed E-state index contributed by atoms with van der Waals surface area (Å²) in [5.41, 5.74) is -1.98. The minimum atomic E-state index is -5.49. The number of benzene rings is 3. The van der Waals surface area contributed by atoms with Crippen LogP contribution in [0.3, 0.4) is 0 Å². The van der Waals surface area contributed by atoms with E-state index in [0.29, 0.717) is 44.6 Å². The Bertz CT molecular complexity index is 1330. The molecule has 3 aromatic rings. The summed E-state index contributed by atoms with van der Waals surface area (Å²) in [4.78, 5) is 2.27. The first kappa shape index (κ1) is 27.0. The second-order valence-corrected chi connectivity index (χ2v) is 10.7. The van der Waals surface area contributed by atoms with E-state index >= 15 is 0 Å². The topological polar surface area (TPSA) is 61.4 Å². The maximum absolute atomic E-state index is 13.8. The lowest BCUT2D eigenvalue weighted by Gasteiger charge is -2.37. The normalized spacial score (nSPS) is 16.4. The summed E-state index contributed by atoms with van der Waals surface area (Å²) in [6.07, 6.45) is 1.31. The van der Waals surface area contributed by atoms with E-state index in [9.17, 15) is 30.4 Å². The molecule has 0 saturated heterocycles. The van der Waals surface area contributed by atoms with Gasteiger partial charge in [-0.3, -0.25) is 9.62 Å². The van der Waals surface area contributed by atoms with Crippen LogP contribution in [0.15, 0.2) is 66.7 Å². The Hall–Kier alpha value is -3.02. The molecule has 0 aromatic heterocycles. The molecule has 1 atom stereocenters. The molecule has 1 aliphatic rings. The first-order valence-corrected chi connectivity index (χ1v) is 13.1. The van der Waals surface area contributed by atoms with Crippen molar-refractivity contribution in [3.8, 4) is 0 Å². The average molecular weight is 540 g/mol. The monoisotopic (exact) mass is 539 g/mol. The van der Waals surface area contributed by atoms with Crippen LogP contribution in [0.25, 0.3) is 0 Å². The van der Waals surface area contributed by atoms with E-state index in [4.69, 9.17) is 0 Å². The van der Waals surface area contributed by atoms with Gasteiger partial charge in [-0.2, -0.15) is 21.6 Å². The Kier molecular flexibility index (Phi) is 8.15. The average Bonchev–Trinajstić information content (AvgIpc) is 2.83. The third kappa shape index (κ3) is 7.06. The third-order valence-corrected chi connectivity index (χ3v) is 7.40. The molecule has 1 heterocycles. The Morgan fingerprint density at radius 3 is 2.35 bits per heavy atom. The summed E-state index contributed by atoms with van der Waals surface area (Å²) in [5.74, 6) is -0.592. The molecular formula is C26H26F5N3O2S. The number of sulfonamides is 1. The van der Waals surface area contributed by atoms with E-state index in [1.807, 2.05) is 0 Å². The minimum absolute atomic E-state index is 0.0710. The summed E-state index contributed by atoms with van der Waals surface area (Å²) in [7, 11) is -5.49. The minimum Gasteiger partial charge on any atom is -0.311 e. The Labute approximate surface area is 212 Å². The van der Waals surface area contributed by atoms with Crippen molar-refractivity contribution < 1.29 is 30.4 Å². The molecule has 0 radical (unpaired) electrons. The van der Waals surface area contributed by atoms with Gasteiger partial charge in [0, 0.05) is 37.9 Å². The summed E-state index contributed by atoms with van der Waals surface area (Å²) in [6.45, 7) is 2.13. The summed E-state index contributed by atoms with van der Waals surface area (Å²) in [5, 5.41) is 3.24. The lowest BCUT2D eigenvalue weighted by Crippen LogP contribution is -2.44. The summed E-state index contributed by atoms with van der Waals surface area (Å²) >= 11 is 0. The highest BCUT2D eigenvalue weighted by Gasteiger charge is 2.46. The van der Waals surface area contributed by atoms with E-state index in [0.717, 1.165) is 16.7 Å². The van der Waals surface area contributed by atoms with Crippen LogP contribution in [0.1, 0.15) is 22.3 Å². The molecule has 2 N–H and O–H groups in total. The lowest BCUT2D eigenvalue weighted by molar-refractivity contribution is -0.0429. The fraction of sp³-hybridized carbons (Fsp3) is 0.308. The molecule has 0 saturated carbocycles. The van der Waals surface area contributed by atoms with Crippen molar-refractivity contribution in [2.45, 2.75) is 37.5 Å². The number of hydrogen-bond acceptors (Lipinski definition) is 4. The largest absolute Gasteiger partial charge is 0.516 e. The van der Waals surface area contributed by atoms with Crippen LogP contribution in [0.2, 0.25) is 0 Å². The molecule has 0 fully saturated rings. The van der Waals surface area contributed by atoms with Gasteiger partial charge < -0.3 is 5.32 Å². The Morgan fingerprint density at radius 2 is 1.62 bits per heavy atom. The number of fused-ring (bicyclic) bond motifs is 1. The van der Waals surface area contributed by atoms with Gasteiger partial charge in [-0.1, -0.05) is 30.3 Å². The molecule has 5 nitrogen and oxygen atoms in total. The third-order valence-electron chi connectivity index (χ3n) is 6.29. The van der Waals surface area contributed by atoms with Crippen LogP contribution in [-0.2, 0) is 36.0 Å². The highest BCUT2D eigenvalue weighted by atomic mass is 32.2. The molecule has 1 unspecified atom stereocenters. The molecule has 0 amide bonds. The predicted molar refractivity (Wildman–Crippen MR) is 131 cm³/mol. The zero-order valence-corrected chi connectivity index (χ0v) is 20.5. The fourth-order valence-corrected chi connectivity index (χ4v) is 4.99. The maximum atomic E-state index is 13.8. The van der Waals surface area contributed by atoms with Gasteiger partial charge in [-0.15, -0.1) is 0 Å². The first-order chi connectivity index (χ1) is 17.5. The van der Waals surface area contributed by atoms with E-state index in [1.165, 1.54) is 36.4 Å². The molecule has 0 spiro atoms. The number of nitrogens with zero attached hydrogens (tertiary/aromatic N) is 1. The van der Waals surface area contributed by atoms with Crippen molar-refractivity contribution >= 4 is 15.7 Å². The highest BCUT2D eigenvalue weighted by Crippen LogP contribution is 2.27. The van der Waals surface area contributed by atoms with Crippen molar-refractivity contribution in [2.24, 2.45) is 0 Å². The highest BCUT2D eigenvalue weighted by molar-refractivity contribution is 7.93. The SMILES string of the molecule is O=S(=O)(Nc1cccc(CNCCN2Cc3ccc(F)cc3CC2Cc2ccc(F)cc2)c1)C(F)(F)F. The molecule has 3 aromatic carbocycles. The lowest BCUT2D eigenvalue weighted by atomic mass is 9.90. The second-order valence-electron chi connectivity index (χ2n) is 9.00. The Balaban J connectivity index is 1.38. The quantitative estimate of drug-likeness (QED) is 0.297. The fourth-order valence-electron chi connectivity index (χ4n) is 4.44. The van der Waals surface area contributed by atoms with Gasteiger partial charge in [0.25, 0.3) is 0 Å². The van der Waals surface area contributed by atoms with Crippen LogP contribution >= 0.6 is 0 Å². The number of halogens is 5. The molecule has 11 heteroatoms. The number of rotatable bonds is 9. The second kappa shape index (κ2) is 11.2. The molecule has 0 bridgehead atoms. The van der Waals surface area contributed by atoms with Gasteiger partial charge in [-0.05, 0) is 71.5 Å². The van der Waals surface area contributed by atoms with Crippen molar-refractivity contribution in [3.63, 3.8) is 0 Å². The molecule has 198 valence electrons. The standard InChI is InChI=1S/C26H26F5N3O2S/c27-22-7-4-18(5-8-22)13-25-15-21-14-23(28)9-6-20(21)17-34(25)11-10-32-16-19-2-1-3-24(12-19)33-37(35,36)26(29,30)31/h1-9,12,14,25,32-33H,10-11,13,15-17H2. The van der Waals surface area contributed by atoms with Crippen LogP contribution < -0.4 is 10.0 Å². The maximum Gasteiger partial charge on any atom is 0.516 e. The van der Waals surface area contributed by atoms with Gasteiger partial charge in [0.1, 0.15) is 11.6 Å². The summed E-state index contributed by atoms with van der Waals surface area (Å²) < 4.78 is 89.3. The number of hydrogen-bond donors (Lipinski definition) is 2.